The third kappa shape index (κ3) is 3.66. The summed E-state index contributed by atoms with van der Waals surface area (Å²) in [5.41, 5.74) is 0. The Labute approximate surface area is 133 Å². The van der Waals surface area contributed by atoms with Gasteiger partial charge in [-0.05, 0) is 24.3 Å². The van der Waals surface area contributed by atoms with Crippen LogP contribution in [0.15, 0.2) is 39.6 Å². The smallest absolute Gasteiger partial charge is 0.372 e. The van der Waals surface area contributed by atoms with Crippen LogP contribution < -0.4 is 0 Å². The van der Waals surface area contributed by atoms with Crippen LogP contribution in [-0.2, 0) is 19.4 Å². The molecule has 0 saturated carbocycles. The summed E-state index contributed by atoms with van der Waals surface area (Å²) in [4.78, 5) is 36.5. The fraction of sp³-hybridized carbons (Fsp3) is 0.0769. The number of rotatable bonds is 6. The third-order valence-electron chi connectivity index (χ3n) is 2.68. The molecule has 120 valence electrons. The lowest BCUT2D eigenvalue weighted by Gasteiger charge is -2.00. The van der Waals surface area contributed by atoms with E-state index in [4.69, 9.17) is 5.11 Å². The van der Waals surface area contributed by atoms with Crippen molar-refractivity contribution in [3.63, 3.8) is 0 Å². The molecule has 0 unspecified atom stereocenters. The highest BCUT2D eigenvalue weighted by molar-refractivity contribution is 7.91. The van der Waals surface area contributed by atoms with Gasteiger partial charge >= 0.3 is 5.97 Å². The SMILES string of the molecule is O=C(O)C(=O)CC(=O)c1nc(S(=O)(=O)c2ccc(F)cc2)cs1. The second kappa shape index (κ2) is 6.34. The number of hydrogen-bond acceptors (Lipinski definition) is 7. The predicted molar refractivity (Wildman–Crippen MR) is 75.6 cm³/mol. The van der Waals surface area contributed by atoms with E-state index in [-0.39, 0.29) is 9.90 Å². The van der Waals surface area contributed by atoms with Crippen molar-refractivity contribution in [1.82, 2.24) is 4.98 Å². The zero-order valence-corrected chi connectivity index (χ0v) is 12.9. The Morgan fingerprint density at radius 2 is 1.78 bits per heavy atom. The number of carbonyl (C=O) groups excluding carboxylic acids is 2. The lowest BCUT2D eigenvalue weighted by atomic mass is 10.2. The van der Waals surface area contributed by atoms with Crippen molar-refractivity contribution in [3.05, 3.63) is 40.5 Å². The van der Waals surface area contributed by atoms with Crippen LogP contribution in [0, 0.1) is 5.82 Å². The summed E-state index contributed by atoms with van der Waals surface area (Å²) in [6, 6.07) is 4.05. The maximum absolute atomic E-state index is 12.8. The summed E-state index contributed by atoms with van der Waals surface area (Å²) < 4.78 is 37.4. The fourth-order valence-corrected chi connectivity index (χ4v) is 3.82. The molecule has 0 saturated heterocycles. The van der Waals surface area contributed by atoms with Gasteiger partial charge in [0.15, 0.2) is 15.8 Å². The number of aromatic nitrogens is 1. The van der Waals surface area contributed by atoms with E-state index in [2.05, 4.69) is 4.98 Å². The van der Waals surface area contributed by atoms with E-state index in [1.807, 2.05) is 0 Å². The molecule has 10 heteroatoms. The number of nitrogens with zero attached hydrogens (tertiary/aromatic N) is 1. The lowest BCUT2D eigenvalue weighted by Crippen LogP contribution is -2.17. The summed E-state index contributed by atoms with van der Waals surface area (Å²) in [5, 5.41) is 8.81. The number of carbonyl (C=O) groups is 3. The number of halogens is 1. The van der Waals surface area contributed by atoms with Gasteiger partial charge in [-0.1, -0.05) is 0 Å². The van der Waals surface area contributed by atoms with Crippen molar-refractivity contribution >= 4 is 38.7 Å². The maximum Gasteiger partial charge on any atom is 0.372 e. The van der Waals surface area contributed by atoms with Crippen LogP contribution in [0.5, 0.6) is 0 Å². The predicted octanol–water partition coefficient (Wildman–Crippen LogP) is 1.34. The van der Waals surface area contributed by atoms with Crippen molar-refractivity contribution in [1.29, 1.82) is 0 Å². The van der Waals surface area contributed by atoms with Crippen LogP contribution in [0.3, 0.4) is 0 Å². The van der Waals surface area contributed by atoms with Gasteiger partial charge < -0.3 is 5.11 Å². The highest BCUT2D eigenvalue weighted by Gasteiger charge is 2.25. The molecule has 2 rings (SSSR count). The zero-order valence-electron chi connectivity index (χ0n) is 11.2. The summed E-state index contributed by atoms with van der Waals surface area (Å²) >= 11 is 0.677. The molecule has 1 aromatic heterocycles. The number of hydrogen-bond donors (Lipinski definition) is 1. The van der Waals surface area contributed by atoms with E-state index in [0.29, 0.717) is 11.3 Å². The number of carboxylic acid groups (broad SMARTS) is 1. The van der Waals surface area contributed by atoms with Crippen molar-refractivity contribution in [2.45, 2.75) is 16.3 Å². The van der Waals surface area contributed by atoms with Crippen LogP contribution in [0.25, 0.3) is 0 Å². The number of aliphatic carboxylic acids is 1. The van der Waals surface area contributed by atoms with E-state index in [0.717, 1.165) is 29.6 Å². The molecule has 0 aliphatic heterocycles. The van der Waals surface area contributed by atoms with Crippen molar-refractivity contribution in [2.24, 2.45) is 0 Å². The summed E-state index contributed by atoms with van der Waals surface area (Å²) in [7, 11) is -4.03. The zero-order chi connectivity index (χ0) is 17.2. The normalized spacial score (nSPS) is 11.2. The number of benzene rings is 1. The summed E-state index contributed by atoms with van der Waals surface area (Å²) in [6.07, 6.45) is -0.904. The molecule has 2 aromatic rings. The Bertz CT molecular complexity index is 885. The Hall–Kier alpha value is -2.46. The molecule has 0 fully saturated rings. The number of ketones is 2. The second-order valence-electron chi connectivity index (χ2n) is 4.28. The molecule has 0 spiro atoms. The van der Waals surface area contributed by atoms with Gasteiger partial charge in [0.1, 0.15) is 5.82 Å². The molecular weight excluding hydrogens is 349 g/mol. The topological polar surface area (TPSA) is 118 Å². The number of thiazole rings is 1. The Kier molecular flexibility index (Phi) is 4.66. The molecule has 1 N–H and O–H groups in total. The summed E-state index contributed by atoms with van der Waals surface area (Å²) in [5.74, 6) is -4.56. The molecule has 7 nitrogen and oxygen atoms in total. The van der Waals surface area contributed by atoms with Gasteiger partial charge in [-0.3, -0.25) is 9.59 Å². The highest BCUT2D eigenvalue weighted by Crippen LogP contribution is 2.23. The monoisotopic (exact) mass is 357 g/mol. The average Bonchev–Trinajstić information content (AvgIpc) is 2.98. The molecule has 1 aromatic carbocycles. The first-order valence-electron chi connectivity index (χ1n) is 5.97. The fourth-order valence-electron chi connectivity index (χ4n) is 1.54. The van der Waals surface area contributed by atoms with Gasteiger partial charge in [0.25, 0.3) is 0 Å². The first kappa shape index (κ1) is 16.9. The molecule has 23 heavy (non-hydrogen) atoms. The van der Waals surface area contributed by atoms with Gasteiger partial charge in [0.2, 0.25) is 15.6 Å². The van der Waals surface area contributed by atoms with E-state index >= 15 is 0 Å². The van der Waals surface area contributed by atoms with E-state index in [1.165, 1.54) is 0 Å². The van der Waals surface area contributed by atoms with Gasteiger partial charge in [-0.15, -0.1) is 11.3 Å². The third-order valence-corrected chi connectivity index (χ3v) is 5.37. The van der Waals surface area contributed by atoms with Crippen molar-refractivity contribution in [2.75, 3.05) is 0 Å². The number of carboxylic acids is 1. The maximum atomic E-state index is 12.8. The Morgan fingerprint density at radius 3 is 2.35 bits per heavy atom. The Balaban J connectivity index is 2.28. The first-order valence-corrected chi connectivity index (χ1v) is 8.33. The minimum atomic E-state index is -4.03. The number of Topliss-reactive ketones (excluding diaryl/α,β-unsaturated/α-hetero) is 2. The average molecular weight is 357 g/mol. The van der Waals surface area contributed by atoms with Crippen LogP contribution in [0.4, 0.5) is 4.39 Å². The second-order valence-corrected chi connectivity index (χ2v) is 7.03. The molecule has 0 aliphatic carbocycles. The molecule has 0 aliphatic rings. The van der Waals surface area contributed by atoms with E-state index in [9.17, 15) is 27.2 Å². The van der Waals surface area contributed by atoms with Gasteiger partial charge in [-0.25, -0.2) is 22.6 Å². The van der Waals surface area contributed by atoms with E-state index < -0.39 is 44.6 Å². The Morgan fingerprint density at radius 1 is 1.17 bits per heavy atom. The molecular formula is C13H8FNO6S2. The summed E-state index contributed by atoms with van der Waals surface area (Å²) in [6.45, 7) is 0. The lowest BCUT2D eigenvalue weighted by molar-refractivity contribution is -0.148. The van der Waals surface area contributed by atoms with Crippen LogP contribution in [-0.4, -0.2) is 36.0 Å². The van der Waals surface area contributed by atoms with Crippen LogP contribution in [0.2, 0.25) is 0 Å². The molecule has 0 bridgehead atoms. The number of sulfone groups is 1. The molecule has 0 atom stereocenters. The highest BCUT2D eigenvalue weighted by atomic mass is 32.2. The van der Waals surface area contributed by atoms with E-state index in [1.54, 1.807) is 0 Å². The molecule has 1 heterocycles. The first-order chi connectivity index (χ1) is 10.7. The van der Waals surface area contributed by atoms with Crippen molar-refractivity contribution < 1.29 is 32.3 Å². The minimum absolute atomic E-state index is 0.204. The van der Waals surface area contributed by atoms with Crippen molar-refractivity contribution in [3.8, 4) is 0 Å². The molecule has 0 radical (unpaired) electrons. The van der Waals surface area contributed by atoms with Crippen LogP contribution >= 0.6 is 11.3 Å². The minimum Gasteiger partial charge on any atom is -0.475 e. The quantitative estimate of drug-likeness (QED) is 0.359. The standard InChI is InChI=1S/C13H8FNO6S2/c14-7-1-3-8(4-2-7)23(20,21)11-6-22-12(15-11)9(16)5-10(17)13(18)19/h1-4,6H,5H2,(H,18,19). The van der Waals surface area contributed by atoms with Crippen LogP contribution in [0.1, 0.15) is 16.2 Å². The van der Waals surface area contributed by atoms with Gasteiger partial charge in [0.05, 0.1) is 11.3 Å². The molecule has 0 amide bonds. The van der Waals surface area contributed by atoms with Gasteiger partial charge in [-0.2, -0.15) is 0 Å². The van der Waals surface area contributed by atoms with Gasteiger partial charge in [0, 0.05) is 5.38 Å². The largest absolute Gasteiger partial charge is 0.475 e.